The van der Waals surface area contributed by atoms with Gasteiger partial charge in [0.15, 0.2) is 0 Å². The van der Waals surface area contributed by atoms with Crippen molar-refractivity contribution in [1.82, 2.24) is 15.3 Å². The fourth-order valence-electron chi connectivity index (χ4n) is 5.66. The minimum absolute atomic E-state index is 0.0913. The van der Waals surface area contributed by atoms with Crippen molar-refractivity contribution < 1.29 is 0 Å². The zero-order valence-corrected chi connectivity index (χ0v) is 23.1. The molecule has 202 valence electrons. The van der Waals surface area contributed by atoms with E-state index in [0.717, 1.165) is 23.3 Å². The number of pyridine rings is 2. The summed E-state index contributed by atoms with van der Waals surface area (Å²) < 4.78 is 0. The van der Waals surface area contributed by atoms with Crippen LogP contribution < -0.4 is 5.32 Å². The predicted octanol–water partition coefficient (Wildman–Crippen LogP) is 8.70. The third kappa shape index (κ3) is 5.53. The van der Waals surface area contributed by atoms with Gasteiger partial charge in [-0.3, -0.25) is 20.3 Å². The van der Waals surface area contributed by atoms with Crippen LogP contribution in [0.1, 0.15) is 35.3 Å². The SMILES string of the molecule is c1ccc(-c2cccc(-c3cccc(-c4cccc(C5CC(c6cccnc6)=NC(c6cccnc6)N5)c4)c3)c2)cc1. The van der Waals surface area contributed by atoms with Crippen molar-refractivity contribution >= 4 is 5.71 Å². The molecule has 1 aliphatic rings. The van der Waals surface area contributed by atoms with E-state index in [-0.39, 0.29) is 12.2 Å². The van der Waals surface area contributed by atoms with Gasteiger partial charge in [0.2, 0.25) is 0 Å². The molecule has 0 aliphatic carbocycles. The molecular weight excluding hydrogens is 512 g/mol. The second-order valence-electron chi connectivity index (χ2n) is 10.6. The first kappa shape index (κ1) is 25.8. The Morgan fingerprint density at radius 1 is 0.476 bits per heavy atom. The van der Waals surface area contributed by atoms with Crippen LogP contribution in [0.5, 0.6) is 0 Å². The average molecular weight is 543 g/mol. The highest BCUT2D eigenvalue weighted by molar-refractivity contribution is 6.01. The molecule has 0 saturated heterocycles. The van der Waals surface area contributed by atoms with Gasteiger partial charge in [-0.2, -0.15) is 0 Å². The number of nitrogens with one attached hydrogen (secondary N) is 1. The molecule has 4 aromatic carbocycles. The molecule has 2 unspecified atom stereocenters. The first-order valence-electron chi connectivity index (χ1n) is 14.3. The smallest absolute Gasteiger partial charge is 0.127 e. The Morgan fingerprint density at radius 2 is 1.02 bits per heavy atom. The van der Waals surface area contributed by atoms with Gasteiger partial charge in [0, 0.05) is 54.1 Å². The Balaban J connectivity index is 1.20. The molecular formula is C38H30N4. The van der Waals surface area contributed by atoms with Crippen molar-refractivity contribution in [2.24, 2.45) is 4.99 Å². The highest BCUT2D eigenvalue weighted by Gasteiger charge is 2.26. The first-order valence-corrected chi connectivity index (χ1v) is 14.3. The number of hydrogen-bond acceptors (Lipinski definition) is 4. The second-order valence-corrected chi connectivity index (χ2v) is 10.6. The second kappa shape index (κ2) is 11.7. The van der Waals surface area contributed by atoms with Crippen molar-refractivity contribution in [3.05, 3.63) is 169 Å². The van der Waals surface area contributed by atoms with Gasteiger partial charge in [0.1, 0.15) is 6.17 Å². The van der Waals surface area contributed by atoms with E-state index >= 15 is 0 Å². The topological polar surface area (TPSA) is 50.2 Å². The summed E-state index contributed by atoms with van der Waals surface area (Å²) in [4.78, 5) is 13.8. The summed E-state index contributed by atoms with van der Waals surface area (Å²) in [6.07, 6.45) is 7.98. The molecule has 1 N–H and O–H groups in total. The maximum absolute atomic E-state index is 5.08. The summed E-state index contributed by atoms with van der Waals surface area (Å²) in [5.74, 6) is 0. The summed E-state index contributed by atoms with van der Waals surface area (Å²) in [6, 6.07) is 45.2. The molecule has 2 atom stereocenters. The summed E-state index contributed by atoms with van der Waals surface area (Å²) in [5, 5.41) is 3.78. The van der Waals surface area contributed by atoms with Crippen LogP contribution in [0.25, 0.3) is 33.4 Å². The molecule has 0 amide bonds. The van der Waals surface area contributed by atoms with E-state index in [4.69, 9.17) is 4.99 Å². The molecule has 7 rings (SSSR count). The molecule has 1 aliphatic heterocycles. The number of aliphatic imine (C=N–C) groups is 1. The Morgan fingerprint density at radius 3 is 1.67 bits per heavy atom. The van der Waals surface area contributed by atoms with Gasteiger partial charge < -0.3 is 0 Å². The van der Waals surface area contributed by atoms with Crippen molar-refractivity contribution in [1.29, 1.82) is 0 Å². The zero-order valence-electron chi connectivity index (χ0n) is 23.1. The number of nitrogens with zero attached hydrogens (tertiary/aromatic N) is 3. The van der Waals surface area contributed by atoms with E-state index in [1.165, 1.54) is 38.9 Å². The monoisotopic (exact) mass is 542 g/mol. The summed E-state index contributed by atoms with van der Waals surface area (Å²) in [7, 11) is 0. The summed E-state index contributed by atoms with van der Waals surface area (Å²) in [5.41, 5.74) is 11.6. The highest BCUT2D eigenvalue weighted by atomic mass is 15.1. The molecule has 0 saturated carbocycles. The molecule has 0 spiro atoms. The van der Waals surface area contributed by atoms with Crippen LogP contribution in [0.15, 0.2) is 157 Å². The molecule has 42 heavy (non-hydrogen) atoms. The van der Waals surface area contributed by atoms with Crippen molar-refractivity contribution in [3.63, 3.8) is 0 Å². The lowest BCUT2D eigenvalue weighted by atomic mass is 9.92. The van der Waals surface area contributed by atoms with Crippen LogP contribution in [-0.4, -0.2) is 15.7 Å². The molecule has 4 heteroatoms. The molecule has 4 nitrogen and oxygen atoms in total. The number of benzene rings is 4. The Bertz CT molecular complexity index is 1830. The van der Waals surface area contributed by atoms with E-state index in [0.29, 0.717) is 0 Å². The zero-order chi connectivity index (χ0) is 28.1. The Hall–Kier alpha value is -5.19. The van der Waals surface area contributed by atoms with Gasteiger partial charge in [-0.15, -0.1) is 0 Å². The molecule has 0 bridgehead atoms. The minimum atomic E-state index is -0.184. The van der Waals surface area contributed by atoms with Gasteiger partial charge in [0.05, 0.1) is 0 Å². The van der Waals surface area contributed by atoms with E-state index in [1.807, 2.05) is 24.5 Å². The van der Waals surface area contributed by atoms with Gasteiger partial charge >= 0.3 is 0 Å². The van der Waals surface area contributed by atoms with Gasteiger partial charge in [-0.25, -0.2) is 0 Å². The van der Waals surface area contributed by atoms with E-state index in [9.17, 15) is 0 Å². The fourth-order valence-corrected chi connectivity index (χ4v) is 5.66. The molecule has 0 fully saturated rings. The summed E-state index contributed by atoms with van der Waals surface area (Å²) in [6.45, 7) is 0. The maximum Gasteiger partial charge on any atom is 0.127 e. The third-order valence-electron chi connectivity index (χ3n) is 7.82. The number of rotatable bonds is 6. The van der Waals surface area contributed by atoms with Gasteiger partial charge in [-0.05, 0) is 69.3 Å². The largest absolute Gasteiger partial charge is 0.285 e. The molecule has 0 radical (unpaired) electrons. The number of hydrogen-bond donors (Lipinski definition) is 1. The van der Waals surface area contributed by atoms with E-state index in [1.54, 1.807) is 12.4 Å². The molecule has 6 aromatic rings. The van der Waals surface area contributed by atoms with Crippen LogP contribution in [0.2, 0.25) is 0 Å². The lowest BCUT2D eigenvalue weighted by Gasteiger charge is -2.30. The van der Waals surface area contributed by atoms with Crippen LogP contribution >= 0.6 is 0 Å². The van der Waals surface area contributed by atoms with Gasteiger partial charge in [0.25, 0.3) is 0 Å². The lowest BCUT2D eigenvalue weighted by Crippen LogP contribution is -2.33. The number of aromatic nitrogens is 2. The van der Waals surface area contributed by atoms with Gasteiger partial charge in [-0.1, -0.05) is 97.1 Å². The van der Waals surface area contributed by atoms with Crippen molar-refractivity contribution in [3.8, 4) is 33.4 Å². The van der Waals surface area contributed by atoms with Crippen LogP contribution in [0.3, 0.4) is 0 Å². The van der Waals surface area contributed by atoms with Crippen LogP contribution in [-0.2, 0) is 0 Å². The van der Waals surface area contributed by atoms with E-state index in [2.05, 4.69) is 131 Å². The average Bonchev–Trinajstić information content (AvgIpc) is 3.09. The summed E-state index contributed by atoms with van der Waals surface area (Å²) >= 11 is 0. The first-order chi connectivity index (χ1) is 20.8. The highest BCUT2D eigenvalue weighted by Crippen LogP contribution is 2.34. The lowest BCUT2D eigenvalue weighted by molar-refractivity contribution is 0.441. The normalized spacial score (nSPS) is 16.5. The fraction of sp³-hybridized carbons (Fsp3) is 0.0789. The third-order valence-corrected chi connectivity index (χ3v) is 7.82. The van der Waals surface area contributed by atoms with E-state index < -0.39 is 0 Å². The van der Waals surface area contributed by atoms with Crippen molar-refractivity contribution in [2.45, 2.75) is 18.6 Å². The quantitative estimate of drug-likeness (QED) is 0.229. The van der Waals surface area contributed by atoms with Crippen molar-refractivity contribution in [2.75, 3.05) is 0 Å². The maximum atomic E-state index is 5.08. The van der Waals surface area contributed by atoms with Crippen LogP contribution in [0, 0.1) is 0 Å². The Labute approximate surface area is 246 Å². The molecule has 2 aromatic heterocycles. The standard InChI is InChI=1S/C38H30N4/c1-2-9-27(10-3-1)28-11-4-12-29(21-28)30-13-5-14-31(22-30)32-15-6-16-33(23-32)36-24-37(34-17-7-19-39-25-34)42-38(41-36)35-18-8-20-40-26-35/h1-23,25-26,36,38,41H,24H2. The predicted molar refractivity (Wildman–Crippen MR) is 171 cm³/mol. The minimum Gasteiger partial charge on any atom is -0.285 e. The Kier molecular flexibility index (Phi) is 7.20. The molecule has 3 heterocycles. The van der Waals surface area contributed by atoms with Crippen LogP contribution in [0.4, 0.5) is 0 Å².